The van der Waals surface area contributed by atoms with Crippen LogP contribution in [0, 0.1) is 0 Å². The number of rotatable bonds is 0. The fraction of sp³-hybridized carbons (Fsp3) is 0.250. The van der Waals surface area contributed by atoms with Gasteiger partial charge in [0, 0.05) is 16.5 Å². The molecule has 0 fully saturated rings. The van der Waals surface area contributed by atoms with Crippen LogP contribution in [0.3, 0.4) is 0 Å². The van der Waals surface area contributed by atoms with Crippen LogP contribution < -0.4 is 0 Å². The monoisotopic (exact) mass is 354 g/mol. The van der Waals surface area contributed by atoms with E-state index in [9.17, 15) is 4.79 Å². The molecule has 2 aromatic rings. The van der Waals surface area contributed by atoms with Crippen molar-refractivity contribution >= 4 is 26.2 Å². The minimum absolute atomic E-state index is 0.312. The molecule has 0 unspecified atom stereocenters. The van der Waals surface area contributed by atoms with E-state index in [-0.39, 0.29) is 0 Å². The zero-order valence-electron chi connectivity index (χ0n) is 12.5. The first-order chi connectivity index (χ1) is 10.8. The first-order valence-corrected chi connectivity index (χ1v) is 8.60. The highest BCUT2D eigenvalue weighted by molar-refractivity contribution is 9.15. The third-order valence-electron chi connectivity index (χ3n) is 4.18. The van der Waals surface area contributed by atoms with Gasteiger partial charge < -0.3 is 0 Å². The van der Waals surface area contributed by atoms with E-state index in [1.807, 2.05) is 24.3 Å². The quantitative estimate of drug-likeness (QED) is 0.603. The summed E-state index contributed by atoms with van der Waals surface area (Å²) in [4.78, 5) is 11.3. The molecule has 112 valence electrons. The van der Waals surface area contributed by atoms with Crippen molar-refractivity contribution in [2.45, 2.75) is 32.1 Å². The van der Waals surface area contributed by atoms with Crippen molar-refractivity contribution in [2.75, 3.05) is 0 Å². The van der Waals surface area contributed by atoms with Crippen molar-refractivity contribution in [3.8, 4) is 0 Å². The van der Waals surface area contributed by atoms with Crippen molar-refractivity contribution in [1.82, 2.24) is 0 Å². The van der Waals surface area contributed by atoms with Crippen LogP contribution >= 0.6 is 15.9 Å². The number of fused-ring (bicyclic) bond motifs is 2. The van der Waals surface area contributed by atoms with Crippen molar-refractivity contribution in [1.29, 1.82) is 0 Å². The standard InChI is InChI=1S/C10H9Br.C10H10O/c2*11-10-7-3-5-8-4-1-2-6-9(8)10/h1-2,4,6-7H,3,5H2;1-2,4,6H,3,5,7H2. The van der Waals surface area contributed by atoms with E-state index in [2.05, 4.69) is 46.3 Å². The lowest BCUT2D eigenvalue weighted by Gasteiger charge is -2.12. The second-order valence-corrected chi connectivity index (χ2v) is 6.54. The molecule has 1 nitrogen and oxygen atoms in total. The Hall–Kier alpha value is -1.67. The number of hydrogen-bond donors (Lipinski definition) is 0. The minimum Gasteiger partial charge on any atom is -0.294 e. The van der Waals surface area contributed by atoms with Crippen LogP contribution in [0.25, 0.3) is 4.48 Å². The Kier molecular flexibility index (Phi) is 4.89. The van der Waals surface area contributed by atoms with Crippen LogP contribution in [-0.4, -0.2) is 5.78 Å². The van der Waals surface area contributed by atoms with Crippen LogP contribution in [0.1, 0.15) is 46.3 Å². The third-order valence-corrected chi connectivity index (χ3v) is 4.93. The molecule has 22 heavy (non-hydrogen) atoms. The fourth-order valence-electron chi connectivity index (χ4n) is 3.02. The van der Waals surface area contributed by atoms with Crippen LogP contribution in [-0.2, 0) is 12.8 Å². The minimum atomic E-state index is 0.312. The molecule has 0 amide bonds. The molecule has 0 atom stereocenters. The van der Waals surface area contributed by atoms with E-state index in [1.165, 1.54) is 27.6 Å². The normalized spacial score (nSPS) is 15.9. The first-order valence-electron chi connectivity index (χ1n) is 7.81. The fourth-order valence-corrected chi connectivity index (χ4v) is 3.64. The molecule has 0 spiro atoms. The molecule has 0 aliphatic heterocycles. The smallest absolute Gasteiger partial charge is 0.163 e. The van der Waals surface area contributed by atoms with E-state index in [0.717, 1.165) is 31.2 Å². The van der Waals surface area contributed by atoms with Gasteiger partial charge in [0.2, 0.25) is 0 Å². The highest BCUT2D eigenvalue weighted by atomic mass is 79.9. The highest BCUT2D eigenvalue weighted by Gasteiger charge is 2.15. The van der Waals surface area contributed by atoms with E-state index in [4.69, 9.17) is 0 Å². The summed E-state index contributed by atoms with van der Waals surface area (Å²) >= 11 is 3.55. The Morgan fingerprint density at radius 2 is 1.41 bits per heavy atom. The Labute approximate surface area is 140 Å². The Morgan fingerprint density at radius 3 is 2.09 bits per heavy atom. The summed E-state index contributed by atoms with van der Waals surface area (Å²) in [6, 6.07) is 16.4. The summed E-state index contributed by atoms with van der Waals surface area (Å²) in [7, 11) is 0. The maximum absolute atomic E-state index is 11.3. The molecule has 0 aromatic heterocycles. The zero-order chi connectivity index (χ0) is 15.4. The average molecular weight is 355 g/mol. The second kappa shape index (κ2) is 7.06. The molecule has 2 heteroatoms. The first kappa shape index (κ1) is 15.2. The van der Waals surface area contributed by atoms with Crippen LogP contribution in [0.2, 0.25) is 0 Å². The number of allylic oxidation sites excluding steroid dienone is 1. The molecular weight excluding hydrogens is 336 g/mol. The molecular formula is C20H19BrO. The van der Waals surface area contributed by atoms with Gasteiger partial charge in [-0.15, -0.1) is 0 Å². The number of benzene rings is 2. The third kappa shape index (κ3) is 3.38. The van der Waals surface area contributed by atoms with Gasteiger partial charge in [-0.25, -0.2) is 0 Å². The number of ketones is 1. The molecule has 0 saturated carbocycles. The summed E-state index contributed by atoms with van der Waals surface area (Å²) in [5.74, 6) is 0.312. The number of hydrogen-bond acceptors (Lipinski definition) is 1. The van der Waals surface area contributed by atoms with Gasteiger partial charge >= 0.3 is 0 Å². The SMILES string of the molecule is BrC1=CCCc2ccccc21.O=C1CCCc2ccccc21. The van der Waals surface area contributed by atoms with Gasteiger partial charge in [-0.3, -0.25) is 4.79 Å². The Bertz CT molecular complexity index is 709. The topological polar surface area (TPSA) is 17.1 Å². The van der Waals surface area contributed by atoms with E-state index < -0.39 is 0 Å². The lowest BCUT2D eigenvalue weighted by Crippen LogP contribution is -2.09. The molecule has 2 aromatic carbocycles. The largest absolute Gasteiger partial charge is 0.294 e. The number of aryl methyl sites for hydroxylation is 2. The van der Waals surface area contributed by atoms with E-state index in [1.54, 1.807) is 0 Å². The summed E-state index contributed by atoms with van der Waals surface area (Å²) in [6.45, 7) is 0. The molecule has 2 aliphatic carbocycles. The van der Waals surface area contributed by atoms with Crippen LogP contribution in [0.4, 0.5) is 0 Å². The maximum atomic E-state index is 11.3. The molecule has 0 radical (unpaired) electrons. The number of Topliss-reactive ketones (excluding diaryl/α,β-unsaturated/α-hetero) is 1. The number of halogens is 1. The maximum Gasteiger partial charge on any atom is 0.163 e. The predicted octanol–water partition coefficient (Wildman–Crippen LogP) is 5.57. The van der Waals surface area contributed by atoms with E-state index >= 15 is 0 Å². The zero-order valence-corrected chi connectivity index (χ0v) is 14.1. The lowest BCUT2D eigenvalue weighted by atomic mass is 9.91. The summed E-state index contributed by atoms with van der Waals surface area (Å²) in [6.07, 6.45) is 7.42. The summed E-state index contributed by atoms with van der Waals surface area (Å²) < 4.78 is 1.25. The highest BCUT2D eigenvalue weighted by Crippen LogP contribution is 2.29. The lowest BCUT2D eigenvalue weighted by molar-refractivity contribution is 0.0972. The van der Waals surface area contributed by atoms with Crippen molar-refractivity contribution in [2.24, 2.45) is 0 Å². The molecule has 4 rings (SSSR count). The number of carbonyl (C=O) groups is 1. The van der Waals surface area contributed by atoms with Crippen LogP contribution in [0.5, 0.6) is 0 Å². The van der Waals surface area contributed by atoms with E-state index in [0.29, 0.717) is 5.78 Å². The van der Waals surface area contributed by atoms with Crippen molar-refractivity contribution in [3.05, 3.63) is 76.9 Å². The van der Waals surface area contributed by atoms with Gasteiger partial charge in [-0.2, -0.15) is 0 Å². The Morgan fingerprint density at radius 1 is 0.773 bits per heavy atom. The van der Waals surface area contributed by atoms with Gasteiger partial charge in [-0.1, -0.05) is 70.5 Å². The number of carbonyl (C=O) groups excluding carboxylic acids is 1. The summed E-state index contributed by atoms with van der Waals surface area (Å²) in [5, 5.41) is 0. The predicted molar refractivity (Wildman–Crippen MR) is 95.4 cm³/mol. The molecule has 2 aliphatic rings. The van der Waals surface area contributed by atoms with Crippen LogP contribution in [0.15, 0.2) is 54.6 Å². The van der Waals surface area contributed by atoms with Gasteiger partial charge in [0.05, 0.1) is 0 Å². The molecule has 0 N–H and O–H groups in total. The molecule has 0 bridgehead atoms. The van der Waals surface area contributed by atoms with Gasteiger partial charge in [0.15, 0.2) is 5.78 Å². The van der Waals surface area contributed by atoms with Gasteiger partial charge in [0.1, 0.15) is 0 Å². The van der Waals surface area contributed by atoms with Crippen molar-refractivity contribution in [3.63, 3.8) is 0 Å². The van der Waals surface area contributed by atoms with Crippen molar-refractivity contribution < 1.29 is 4.79 Å². The average Bonchev–Trinajstić information content (AvgIpc) is 2.57. The summed E-state index contributed by atoms with van der Waals surface area (Å²) in [5.41, 5.74) is 4.99. The second-order valence-electron chi connectivity index (χ2n) is 5.68. The van der Waals surface area contributed by atoms with Gasteiger partial charge in [-0.05, 0) is 42.4 Å². The Balaban J connectivity index is 0.000000131. The molecule has 0 saturated heterocycles. The molecule has 0 heterocycles. The van der Waals surface area contributed by atoms with Gasteiger partial charge in [0.25, 0.3) is 0 Å².